The smallest absolute Gasteiger partial charge is 0.0747 e. The topological polar surface area (TPSA) is 45.6 Å². The van der Waals surface area contributed by atoms with Gasteiger partial charge in [0.1, 0.15) is 0 Å². The second-order valence-corrected chi connectivity index (χ2v) is 5.73. The molecule has 1 aromatic heterocycles. The molecule has 0 bridgehead atoms. The van der Waals surface area contributed by atoms with Crippen LogP contribution in [-0.4, -0.2) is 48.8 Å². The summed E-state index contributed by atoms with van der Waals surface area (Å²) >= 11 is 1.77. The van der Waals surface area contributed by atoms with Crippen molar-refractivity contribution < 1.29 is 9.84 Å². The van der Waals surface area contributed by atoms with Crippen molar-refractivity contribution in [3.8, 4) is 0 Å². The number of piperidine rings is 1. The van der Waals surface area contributed by atoms with Crippen LogP contribution >= 0.6 is 11.8 Å². The van der Waals surface area contributed by atoms with Gasteiger partial charge in [-0.25, -0.2) is 0 Å². The Labute approximate surface area is 119 Å². The number of hydrogen-bond acceptors (Lipinski definition) is 5. The number of pyridine rings is 1. The van der Waals surface area contributed by atoms with Gasteiger partial charge in [-0.1, -0.05) is 0 Å². The van der Waals surface area contributed by atoms with Crippen molar-refractivity contribution in [2.45, 2.75) is 30.7 Å². The van der Waals surface area contributed by atoms with Crippen LogP contribution < -0.4 is 4.90 Å². The van der Waals surface area contributed by atoms with E-state index in [9.17, 15) is 5.11 Å². The van der Waals surface area contributed by atoms with E-state index in [2.05, 4.69) is 28.3 Å². The fraction of sp³-hybridized carbons (Fsp3) is 0.643. The van der Waals surface area contributed by atoms with Gasteiger partial charge in [0.05, 0.1) is 36.3 Å². The number of ether oxygens (including phenoxy) is 1. The van der Waals surface area contributed by atoms with E-state index in [0.29, 0.717) is 0 Å². The predicted octanol–water partition coefficient (Wildman–Crippen LogP) is 1.92. The zero-order chi connectivity index (χ0) is 13.7. The lowest BCUT2D eigenvalue weighted by Gasteiger charge is -2.39. The van der Waals surface area contributed by atoms with Crippen molar-refractivity contribution >= 4 is 17.4 Å². The van der Waals surface area contributed by atoms with Gasteiger partial charge < -0.3 is 14.7 Å². The normalized spacial score (nSPS) is 23.6. The predicted molar refractivity (Wildman–Crippen MR) is 79.7 cm³/mol. The Morgan fingerprint density at radius 2 is 2.32 bits per heavy atom. The van der Waals surface area contributed by atoms with Gasteiger partial charge in [0, 0.05) is 19.4 Å². The number of aliphatic hydroxyl groups excluding tert-OH is 1. The second-order valence-electron chi connectivity index (χ2n) is 4.86. The van der Waals surface area contributed by atoms with Crippen LogP contribution in [0, 0.1) is 0 Å². The van der Waals surface area contributed by atoms with E-state index in [0.717, 1.165) is 36.5 Å². The molecule has 19 heavy (non-hydrogen) atoms. The van der Waals surface area contributed by atoms with Crippen molar-refractivity contribution in [3.05, 3.63) is 24.0 Å². The molecule has 4 nitrogen and oxygen atoms in total. The van der Waals surface area contributed by atoms with Crippen molar-refractivity contribution in [2.75, 3.05) is 31.4 Å². The maximum absolute atomic E-state index is 9.51. The van der Waals surface area contributed by atoms with Crippen LogP contribution in [-0.2, 0) is 10.5 Å². The fourth-order valence-corrected chi connectivity index (χ4v) is 2.98. The standard InChI is InChI=1S/C14H22N2O2S/c1-18-14-6-5-13(9-17)16(8-14)12-4-3-11(10-19-2)15-7-12/h3-4,7,13-14,17H,5-6,8-10H2,1-2H3/t13-,14+/m1/s1. The quantitative estimate of drug-likeness (QED) is 0.894. The summed E-state index contributed by atoms with van der Waals surface area (Å²) in [7, 11) is 1.75. The first kappa shape index (κ1) is 14.6. The average molecular weight is 282 g/mol. The maximum atomic E-state index is 9.51. The third-order valence-electron chi connectivity index (χ3n) is 3.64. The molecule has 1 aliphatic rings. The molecule has 5 heteroatoms. The van der Waals surface area contributed by atoms with Gasteiger partial charge in [0.25, 0.3) is 0 Å². The Morgan fingerprint density at radius 3 is 2.89 bits per heavy atom. The van der Waals surface area contributed by atoms with Crippen LogP contribution in [0.15, 0.2) is 18.3 Å². The highest BCUT2D eigenvalue weighted by atomic mass is 32.2. The first-order valence-corrected chi connectivity index (χ1v) is 8.02. The Kier molecular flexibility index (Phi) is 5.48. The van der Waals surface area contributed by atoms with Crippen LogP contribution in [0.25, 0.3) is 0 Å². The lowest BCUT2D eigenvalue weighted by atomic mass is 10.00. The van der Waals surface area contributed by atoms with Gasteiger partial charge in [-0.3, -0.25) is 4.98 Å². The number of anilines is 1. The van der Waals surface area contributed by atoms with Gasteiger partial charge in [-0.05, 0) is 31.2 Å². The third-order valence-corrected chi connectivity index (χ3v) is 4.22. The molecule has 2 heterocycles. The number of aromatic nitrogens is 1. The zero-order valence-corrected chi connectivity index (χ0v) is 12.4. The van der Waals surface area contributed by atoms with Crippen molar-refractivity contribution in [1.82, 2.24) is 4.98 Å². The molecular formula is C14H22N2O2S. The zero-order valence-electron chi connectivity index (χ0n) is 11.6. The molecule has 1 aliphatic heterocycles. The molecule has 1 fully saturated rings. The van der Waals surface area contributed by atoms with E-state index >= 15 is 0 Å². The summed E-state index contributed by atoms with van der Waals surface area (Å²) in [5, 5.41) is 9.51. The van der Waals surface area contributed by atoms with Gasteiger partial charge in [-0.15, -0.1) is 0 Å². The summed E-state index contributed by atoms with van der Waals surface area (Å²) in [6.07, 6.45) is 6.20. The molecule has 0 spiro atoms. The molecule has 106 valence electrons. The number of methoxy groups -OCH3 is 1. The summed E-state index contributed by atoms with van der Waals surface area (Å²) in [6, 6.07) is 4.34. The van der Waals surface area contributed by atoms with E-state index in [1.54, 1.807) is 18.9 Å². The number of nitrogens with zero attached hydrogens (tertiary/aromatic N) is 2. The molecule has 0 saturated carbocycles. The first-order chi connectivity index (χ1) is 9.28. The van der Waals surface area contributed by atoms with Crippen molar-refractivity contribution in [2.24, 2.45) is 0 Å². The van der Waals surface area contributed by atoms with Crippen LogP contribution in [0.1, 0.15) is 18.5 Å². The lowest BCUT2D eigenvalue weighted by molar-refractivity contribution is 0.0744. The number of thioether (sulfide) groups is 1. The molecule has 0 radical (unpaired) electrons. The number of hydrogen-bond donors (Lipinski definition) is 1. The third kappa shape index (κ3) is 3.61. The number of rotatable bonds is 5. The number of aliphatic hydroxyl groups is 1. The van der Waals surface area contributed by atoms with Gasteiger partial charge in [0.15, 0.2) is 0 Å². The van der Waals surface area contributed by atoms with E-state index in [1.165, 1.54) is 0 Å². The van der Waals surface area contributed by atoms with Gasteiger partial charge >= 0.3 is 0 Å². The van der Waals surface area contributed by atoms with Crippen LogP contribution in [0.5, 0.6) is 0 Å². The lowest BCUT2D eigenvalue weighted by Crippen LogP contribution is -2.48. The molecule has 2 atom stereocenters. The summed E-state index contributed by atoms with van der Waals surface area (Å²) in [4.78, 5) is 6.69. The van der Waals surface area contributed by atoms with Crippen LogP contribution in [0.4, 0.5) is 5.69 Å². The molecular weight excluding hydrogens is 260 g/mol. The Balaban J connectivity index is 2.11. The monoisotopic (exact) mass is 282 g/mol. The highest BCUT2D eigenvalue weighted by molar-refractivity contribution is 7.97. The summed E-state index contributed by atoms with van der Waals surface area (Å²) in [6.45, 7) is 1.01. The molecule has 0 aliphatic carbocycles. The molecule has 0 amide bonds. The molecule has 1 saturated heterocycles. The van der Waals surface area contributed by atoms with Crippen LogP contribution in [0.2, 0.25) is 0 Å². The van der Waals surface area contributed by atoms with E-state index in [4.69, 9.17) is 4.74 Å². The molecule has 2 rings (SSSR count). The molecule has 1 N–H and O–H groups in total. The van der Waals surface area contributed by atoms with Crippen molar-refractivity contribution in [3.63, 3.8) is 0 Å². The summed E-state index contributed by atoms with van der Waals surface area (Å²) in [5.41, 5.74) is 2.17. The average Bonchev–Trinajstić information content (AvgIpc) is 2.47. The summed E-state index contributed by atoms with van der Waals surface area (Å²) in [5.74, 6) is 0.935. The Bertz CT molecular complexity index is 386. The van der Waals surface area contributed by atoms with Crippen molar-refractivity contribution in [1.29, 1.82) is 0 Å². The minimum absolute atomic E-state index is 0.180. The fourth-order valence-electron chi connectivity index (χ4n) is 2.51. The minimum Gasteiger partial charge on any atom is -0.394 e. The summed E-state index contributed by atoms with van der Waals surface area (Å²) < 4.78 is 5.45. The molecule has 0 unspecified atom stereocenters. The second kappa shape index (κ2) is 7.12. The Hall–Kier alpha value is -0.780. The molecule has 1 aromatic rings. The van der Waals surface area contributed by atoms with E-state index in [-0.39, 0.29) is 18.8 Å². The van der Waals surface area contributed by atoms with E-state index in [1.807, 2.05) is 6.20 Å². The SMILES string of the molecule is CO[C@H]1CC[C@H](CO)N(c2ccc(CSC)nc2)C1. The first-order valence-electron chi connectivity index (χ1n) is 6.62. The highest BCUT2D eigenvalue weighted by Gasteiger charge is 2.28. The largest absolute Gasteiger partial charge is 0.394 e. The maximum Gasteiger partial charge on any atom is 0.0747 e. The highest BCUT2D eigenvalue weighted by Crippen LogP contribution is 2.25. The van der Waals surface area contributed by atoms with Gasteiger partial charge in [0.2, 0.25) is 0 Å². The minimum atomic E-state index is 0.180. The van der Waals surface area contributed by atoms with Gasteiger partial charge in [-0.2, -0.15) is 11.8 Å². The molecule has 0 aromatic carbocycles. The Morgan fingerprint density at radius 1 is 1.47 bits per heavy atom. The van der Waals surface area contributed by atoms with Crippen LogP contribution in [0.3, 0.4) is 0 Å². The van der Waals surface area contributed by atoms with E-state index < -0.39 is 0 Å².